The predicted molar refractivity (Wildman–Crippen MR) is 121 cm³/mol. The number of rotatable bonds is 6. The predicted octanol–water partition coefficient (Wildman–Crippen LogP) is 3.61. The standard InChI is InChI=1S/C23H28N6/c1-3-26-11-16-12-27-13-18(14(16)2)15-8-9-19(24)17(10-15)22(25)23-28-20-6-4-5-7-21(20)29-23/h4-10,12-13,22-23,26,28-29H,3,11,24-25H2,1-2H3. The summed E-state index contributed by atoms with van der Waals surface area (Å²) in [5, 5.41) is 10.3. The first-order valence-electron chi connectivity index (χ1n) is 10.00. The summed E-state index contributed by atoms with van der Waals surface area (Å²) in [5.74, 6) is 0. The maximum absolute atomic E-state index is 6.63. The molecule has 0 spiro atoms. The second-order valence-corrected chi connectivity index (χ2v) is 7.43. The number of nitrogens with one attached hydrogen (secondary N) is 3. The van der Waals surface area contributed by atoms with Crippen molar-refractivity contribution in [1.29, 1.82) is 0 Å². The molecule has 150 valence electrons. The van der Waals surface area contributed by atoms with Crippen molar-refractivity contribution in [2.75, 3.05) is 22.9 Å². The second-order valence-electron chi connectivity index (χ2n) is 7.43. The average Bonchev–Trinajstić information content (AvgIpc) is 3.17. The molecule has 0 saturated heterocycles. The first-order chi connectivity index (χ1) is 14.1. The summed E-state index contributed by atoms with van der Waals surface area (Å²) >= 11 is 0. The molecule has 1 unspecified atom stereocenters. The number of nitrogen functional groups attached to an aromatic ring is 1. The van der Waals surface area contributed by atoms with Crippen LogP contribution in [0.5, 0.6) is 0 Å². The van der Waals surface area contributed by atoms with Gasteiger partial charge in [-0.15, -0.1) is 0 Å². The Morgan fingerprint density at radius 3 is 2.52 bits per heavy atom. The Hall–Kier alpha value is -3.09. The highest BCUT2D eigenvalue weighted by Crippen LogP contribution is 2.35. The van der Waals surface area contributed by atoms with Crippen LogP contribution < -0.4 is 27.4 Å². The molecule has 6 nitrogen and oxygen atoms in total. The normalized spacial score (nSPS) is 14.2. The average molecular weight is 389 g/mol. The van der Waals surface area contributed by atoms with Gasteiger partial charge >= 0.3 is 0 Å². The number of nitrogens with zero attached hydrogens (tertiary/aromatic N) is 1. The van der Waals surface area contributed by atoms with Crippen molar-refractivity contribution in [3.05, 3.63) is 71.5 Å². The number of benzene rings is 2. The van der Waals surface area contributed by atoms with Gasteiger partial charge in [-0.3, -0.25) is 4.98 Å². The molecule has 0 amide bonds. The quantitative estimate of drug-likeness (QED) is 0.414. The van der Waals surface area contributed by atoms with E-state index in [2.05, 4.69) is 40.8 Å². The van der Waals surface area contributed by atoms with E-state index in [0.717, 1.165) is 41.2 Å². The van der Waals surface area contributed by atoms with Crippen LogP contribution in [0, 0.1) is 6.92 Å². The van der Waals surface area contributed by atoms with Crippen molar-refractivity contribution in [3.8, 4) is 11.1 Å². The zero-order chi connectivity index (χ0) is 20.4. The number of fused-ring (bicyclic) bond motifs is 1. The molecule has 1 aliphatic rings. The fourth-order valence-electron chi connectivity index (χ4n) is 3.79. The number of hydrogen-bond acceptors (Lipinski definition) is 6. The van der Waals surface area contributed by atoms with E-state index in [9.17, 15) is 0 Å². The topological polar surface area (TPSA) is 101 Å². The van der Waals surface area contributed by atoms with Gasteiger partial charge < -0.3 is 27.4 Å². The number of aromatic nitrogens is 1. The maximum atomic E-state index is 6.63. The van der Waals surface area contributed by atoms with Crippen molar-refractivity contribution in [3.63, 3.8) is 0 Å². The lowest BCUT2D eigenvalue weighted by atomic mass is 9.94. The van der Waals surface area contributed by atoms with Crippen LogP contribution in [0.15, 0.2) is 54.9 Å². The number of hydrogen-bond donors (Lipinski definition) is 5. The van der Waals surface area contributed by atoms with E-state index < -0.39 is 0 Å². The fourth-order valence-corrected chi connectivity index (χ4v) is 3.79. The fraction of sp³-hybridized carbons (Fsp3) is 0.261. The van der Waals surface area contributed by atoms with Crippen LogP contribution in [0.2, 0.25) is 0 Å². The van der Waals surface area contributed by atoms with E-state index in [4.69, 9.17) is 11.5 Å². The molecule has 29 heavy (non-hydrogen) atoms. The Labute approximate surface area is 171 Å². The Morgan fingerprint density at radius 2 is 1.83 bits per heavy atom. The molecule has 0 saturated carbocycles. The zero-order valence-corrected chi connectivity index (χ0v) is 16.9. The summed E-state index contributed by atoms with van der Waals surface area (Å²) in [5.41, 5.74) is 21.2. The van der Waals surface area contributed by atoms with Gasteiger partial charge in [0.05, 0.1) is 17.4 Å². The van der Waals surface area contributed by atoms with Gasteiger partial charge in [-0.05, 0) is 60.0 Å². The lowest BCUT2D eigenvalue weighted by Gasteiger charge is -2.23. The van der Waals surface area contributed by atoms with Crippen LogP contribution in [-0.2, 0) is 6.54 Å². The molecule has 0 radical (unpaired) electrons. The highest BCUT2D eigenvalue weighted by atomic mass is 15.2. The molecule has 4 rings (SSSR count). The van der Waals surface area contributed by atoms with Crippen LogP contribution in [-0.4, -0.2) is 17.7 Å². The number of para-hydroxylation sites is 2. The van der Waals surface area contributed by atoms with Crippen molar-refractivity contribution < 1.29 is 0 Å². The van der Waals surface area contributed by atoms with Crippen LogP contribution >= 0.6 is 0 Å². The monoisotopic (exact) mass is 388 g/mol. The van der Waals surface area contributed by atoms with Crippen molar-refractivity contribution >= 4 is 17.1 Å². The molecule has 0 bridgehead atoms. The van der Waals surface area contributed by atoms with Crippen LogP contribution in [0.25, 0.3) is 11.1 Å². The number of anilines is 3. The Bertz CT molecular complexity index is 991. The Morgan fingerprint density at radius 1 is 1.10 bits per heavy atom. The lowest BCUT2D eigenvalue weighted by Crippen LogP contribution is -2.36. The second kappa shape index (κ2) is 8.11. The van der Waals surface area contributed by atoms with E-state index in [-0.39, 0.29) is 12.2 Å². The molecule has 3 aromatic rings. The van der Waals surface area contributed by atoms with Crippen molar-refractivity contribution in [2.24, 2.45) is 5.73 Å². The Kier molecular flexibility index (Phi) is 5.38. The van der Waals surface area contributed by atoms with Gasteiger partial charge in [0.25, 0.3) is 0 Å². The third kappa shape index (κ3) is 3.77. The SMILES string of the molecule is CCNCc1cncc(-c2ccc(N)c(C(N)C3Nc4ccccc4N3)c2)c1C. The molecule has 1 aliphatic heterocycles. The molecule has 1 atom stereocenters. The van der Waals surface area contributed by atoms with Gasteiger partial charge in [-0.1, -0.05) is 25.1 Å². The first-order valence-corrected chi connectivity index (χ1v) is 10.00. The van der Waals surface area contributed by atoms with Gasteiger partial charge in [0, 0.05) is 30.2 Å². The van der Waals surface area contributed by atoms with Gasteiger partial charge in [-0.2, -0.15) is 0 Å². The van der Waals surface area contributed by atoms with Gasteiger partial charge in [0.2, 0.25) is 0 Å². The minimum Gasteiger partial charge on any atom is -0.398 e. The van der Waals surface area contributed by atoms with E-state index in [1.165, 1.54) is 11.1 Å². The van der Waals surface area contributed by atoms with Gasteiger partial charge in [-0.25, -0.2) is 0 Å². The van der Waals surface area contributed by atoms with E-state index in [1.807, 2.05) is 48.8 Å². The smallest absolute Gasteiger partial charge is 0.116 e. The lowest BCUT2D eigenvalue weighted by molar-refractivity contribution is 0.650. The minimum absolute atomic E-state index is 0.121. The van der Waals surface area contributed by atoms with Crippen LogP contribution in [0.4, 0.5) is 17.1 Å². The maximum Gasteiger partial charge on any atom is 0.116 e. The molecule has 0 aliphatic carbocycles. The summed E-state index contributed by atoms with van der Waals surface area (Å²) in [6.07, 6.45) is 3.71. The summed E-state index contributed by atoms with van der Waals surface area (Å²) in [6.45, 7) is 5.97. The van der Waals surface area contributed by atoms with E-state index in [0.29, 0.717) is 5.69 Å². The van der Waals surface area contributed by atoms with Crippen molar-refractivity contribution in [1.82, 2.24) is 10.3 Å². The highest BCUT2D eigenvalue weighted by molar-refractivity contribution is 5.76. The molecule has 6 heteroatoms. The molecule has 7 N–H and O–H groups in total. The number of nitrogens with two attached hydrogens (primary N) is 2. The summed E-state index contributed by atoms with van der Waals surface area (Å²) < 4.78 is 0. The Balaban J connectivity index is 1.64. The first kappa shape index (κ1) is 19.2. The molecular weight excluding hydrogens is 360 g/mol. The molecular formula is C23H28N6. The summed E-state index contributed by atoms with van der Waals surface area (Å²) in [7, 11) is 0. The van der Waals surface area contributed by atoms with Gasteiger partial charge in [0.1, 0.15) is 6.17 Å². The molecule has 0 fully saturated rings. The third-order valence-electron chi connectivity index (χ3n) is 5.55. The highest BCUT2D eigenvalue weighted by Gasteiger charge is 2.27. The van der Waals surface area contributed by atoms with Crippen LogP contribution in [0.3, 0.4) is 0 Å². The molecule has 2 heterocycles. The zero-order valence-electron chi connectivity index (χ0n) is 16.9. The van der Waals surface area contributed by atoms with Crippen molar-refractivity contribution in [2.45, 2.75) is 32.6 Å². The van der Waals surface area contributed by atoms with Gasteiger partial charge in [0.15, 0.2) is 0 Å². The van der Waals surface area contributed by atoms with E-state index in [1.54, 1.807) is 0 Å². The molecule has 1 aromatic heterocycles. The van der Waals surface area contributed by atoms with Crippen LogP contribution in [0.1, 0.15) is 29.7 Å². The summed E-state index contributed by atoms with van der Waals surface area (Å²) in [6, 6.07) is 13.9. The minimum atomic E-state index is -0.305. The number of pyridine rings is 1. The largest absolute Gasteiger partial charge is 0.398 e. The third-order valence-corrected chi connectivity index (χ3v) is 5.55. The summed E-state index contributed by atoms with van der Waals surface area (Å²) in [4.78, 5) is 4.45. The molecule has 2 aromatic carbocycles. The van der Waals surface area contributed by atoms with E-state index >= 15 is 0 Å².